The Morgan fingerprint density at radius 1 is 0.657 bits per heavy atom. The summed E-state index contributed by atoms with van der Waals surface area (Å²) in [6.07, 6.45) is 4.36. The van der Waals surface area contributed by atoms with Gasteiger partial charge in [-0.2, -0.15) is 4.57 Å². The molecule has 0 aliphatic rings. The minimum atomic E-state index is 0.421. The third-order valence-electron chi connectivity index (χ3n) is 6.78. The Balaban J connectivity index is 1.71. The van der Waals surface area contributed by atoms with E-state index in [4.69, 9.17) is 4.74 Å². The number of fused-ring (bicyclic) bond motifs is 1. The largest absolute Gasteiger partial charge is 0.497 e. The lowest BCUT2D eigenvalue weighted by molar-refractivity contribution is -0.584. The maximum absolute atomic E-state index is 5.32. The molecule has 0 N–H and O–H groups in total. The molecule has 3 heteroatoms. The lowest BCUT2D eigenvalue weighted by Gasteiger charge is -2.17. The van der Waals surface area contributed by atoms with Gasteiger partial charge in [-0.15, -0.1) is 0 Å². The van der Waals surface area contributed by atoms with Crippen LogP contribution in [0.2, 0.25) is 0 Å². The first kappa shape index (κ1) is 22.9. The molecular weight excluding hydrogens is 428 g/mol. The summed E-state index contributed by atoms with van der Waals surface area (Å²) in [5, 5.41) is 0. The second-order valence-electron chi connectivity index (χ2n) is 9.73. The van der Waals surface area contributed by atoms with Crippen LogP contribution in [0, 0.1) is 0 Å². The maximum Gasteiger partial charge on any atom is 0.254 e. The van der Waals surface area contributed by atoms with Crippen molar-refractivity contribution in [3.05, 3.63) is 109 Å². The molecule has 35 heavy (non-hydrogen) atoms. The van der Waals surface area contributed by atoms with Crippen molar-refractivity contribution in [2.45, 2.75) is 39.5 Å². The molecule has 2 heterocycles. The van der Waals surface area contributed by atoms with Gasteiger partial charge in [-0.05, 0) is 59.4 Å². The molecule has 0 saturated heterocycles. The van der Waals surface area contributed by atoms with Crippen molar-refractivity contribution in [2.75, 3.05) is 7.11 Å². The first-order valence-corrected chi connectivity index (χ1v) is 12.4. The van der Waals surface area contributed by atoms with Crippen LogP contribution in [0.15, 0.2) is 97.5 Å². The van der Waals surface area contributed by atoms with Crippen LogP contribution in [0.5, 0.6) is 5.75 Å². The molecule has 0 atom stereocenters. The number of ether oxygens (including phenoxy) is 1. The second-order valence-corrected chi connectivity index (χ2v) is 9.73. The number of methoxy groups -OCH3 is 1. The Hall–Kier alpha value is -3.85. The van der Waals surface area contributed by atoms with E-state index in [2.05, 4.69) is 122 Å². The molecule has 3 nitrogen and oxygen atoms in total. The Bertz CT molecular complexity index is 1430. The lowest BCUT2D eigenvalue weighted by Crippen LogP contribution is -2.34. The monoisotopic (exact) mass is 461 g/mol. The van der Waals surface area contributed by atoms with Crippen molar-refractivity contribution in [2.24, 2.45) is 0 Å². The van der Waals surface area contributed by atoms with E-state index in [1.807, 2.05) is 12.1 Å². The number of rotatable bonds is 6. The predicted octanol–water partition coefficient (Wildman–Crippen LogP) is 7.81. The zero-order valence-electron chi connectivity index (χ0n) is 21.2. The molecule has 5 rings (SSSR count). The number of hydrogen-bond acceptors (Lipinski definition) is 1. The van der Waals surface area contributed by atoms with E-state index in [1.54, 1.807) is 7.11 Å². The summed E-state index contributed by atoms with van der Waals surface area (Å²) in [5.41, 5.74) is 10.0. The van der Waals surface area contributed by atoms with E-state index in [1.165, 1.54) is 44.7 Å². The molecule has 0 saturated carbocycles. The molecule has 0 bridgehead atoms. The SMILES string of the molecule is COc1ccc(-c2ccc(-c3c4ccccn4c[n+]3-c3c(C(C)C)cccc3C(C)C)cc2)cc1. The standard InChI is InChI=1S/C32H33N2O/c1-22(2)28-9-8-10-29(23(3)4)32(28)34-21-33-20-7-6-11-30(33)31(34)26-14-12-24(13-15-26)25-16-18-27(35-5)19-17-25/h6-23H,1-5H3/q+1. The summed E-state index contributed by atoms with van der Waals surface area (Å²) in [7, 11) is 1.70. The van der Waals surface area contributed by atoms with E-state index < -0.39 is 0 Å². The average Bonchev–Trinajstić information content (AvgIpc) is 3.27. The van der Waals surface area contributed by atoms with Gasteiger partial charge in [0, 0.05) is 16.7 Å². The first-order chi connectivity index (χ1) is 17.0. The molecule has 5 aromatic rings. The van der Waals surface area contributed by atoms with Gasteiger partial charge in [-0.25, -0.2) is 4.40 Å². The van der Waals surface area contributed by atoms with E-state index in [0.717, 1.165) is 5.75 Å². The van der Waals surface area contributed by atoms with E-state index in [-0.39, 0.29) is 0 Å². The second kappa shape index (κ2) is 9.42. The Kier molecular flexibility index (Phi) is 6.17. The topological polar surface area (TPSA) is 17.5 Å². The zero-order chi connectivity index (χ0) is 24.5. The predicted molar refractivity (Wildman–Crippen MR) is 145 cm³/mol. The lowest BCUT2D eigenvalue weighted by atomic mass is 9.92. The van der Waals surface area contributed by atoms with Gasteiger partial charge in [0.2, 0.25) is 0 Å². The van der Waals surface area contributed by atoms with Crippen LogP contribution in [-0.4, -0.2) is 11.5 Å². The highest BCUT2D eigenvalue weighted by atomic mass is 16.5. The van der Waals surface area contributed by atoms with Crippen LogP contribution < -0.4 is 9.30 Å². The van der Waals surface area contributed by atoms with Crippen LogP contribution >= 0.6 is 0 Å². The summed E-state index contributed by atoms with van der Waals surface area (Å²) >= 11 is 0. The van der Waals surface area contributed by atoms with Gasteiger partial charge in [0.05, 0.1) is 13.3 Å². The number of nitrogens with zero attached hydrogens (tertiary/aromatic N) is 2. The Morgan fingerprint density at radius 2 is 1.23 bits per heavy atom. The minimum Gasteiger partial charge on any atom is -0.497 e. The number of imidazole rings is 1. The number of para-hydroxylation sites is 1. The summed E-state index contributed by atoms with van der Waals surface area (Å²) in [4.78, 5) is 0. The smallest absolute Gasteiger partial charge is 0.254 e. The molecule has 0 radical (unpaired) electrons. The molecule has 2 aromatic heterocycles. The molecular formula is C32H33N2O+. The molecule has 0 aliphatic carbocycles. The van der Waals surface area contributed by atoms with Gasteiger partial charge in [-0.3, -0.25) is 0 Å². The highest BCUT2D eigenvalue weighted by Crippen LogP contribution is 2.32. The minimum absolute atomic E-state index is 0.421. The number of hydrogen-bond donors (Lipinski definition) is 0. The zero-order valence-corrected chi connectivity index (χ0v) is 21.2. The highest BCUT2D eigenvalue weighted by Gasteiger charge is 2.26. The third kappa shape index (κ3) is 4.23. The molecule has 0 amide bonds. The van der Waals surface area contributed by atoms with Crippen molar-refractivity contribution in [1.29, 1.82) is 0 Å². The van der Waals surface area contributed by atoms with Crippen LogP contribution in [0.4, 0.5) is 0 Å². The molecule has 176 valence electrons. The van der Waals surface area contributed by atoms with Gasteiger partial charge in [0.1, 0.15) is 11.4 Å². The maximum atomic E-state index is 5.32. The molecule has 0 spiro atoms. The highest BCUT2D eigenvalue weighted by molar-refractivity contribution is 5.77. The van der Waals surface area contributed by atoms with E-state index in [0.29, 0.717) is 11.8 Å². The fraction of sp³-hybridized carbons (Fsp3) is 0.219. The van der Waals surface area contributed by atoms with Crippen molar-refractivity contribution in [1.82, 2.24) is 4.40 Å². The summed E-state index contributed by atoms with van der Waals surface area (Å²) in [6, 6.07) is 30.3. The van der Waals surface area contributed by atoms with Crippen LogP contribution in [0.25, 0.3) is 33.6 Å². The summed E-state index contributed by atoms with van der Waals surface area (Å²) in [6.45, 7) is 9.12. The number of benzene rings is 3. The molecule has 3 aromatic carbocycles. The van der Waals surface area contributed by atoms with Crippen molar-refractivity contribution < 1.29 is 9.30 Å². The summed E-state index contributed by atoms with van der Waals surface area (Å²) < 4.78 is 9.95. The van der Waals surface area contributed by atoms with Crippen molar-refractivity contribution in [3.63, 3.8) is 0 Å². The van der Waals surface area contributed by atoms with E-state index in [9.17, 15) is 0 Å². The number of aromatic nitrogens is 2. The van der Waals surface area contributed by atoms with Crippen LogP contribution in [-0.2, 0) is 0 Å². The van der Waals surface area contributed by atoms with Gasteiger partial charge < -0.3 is 4.74 Å². The fourth-order valence-electron chi connectivity index (χ4n) is 4.91. The Labute approximate surface area is 208 Å². The van der Waals surface area contributed by atoms with Gasteiger partial charge in [0.15, 0.2) is 11.2 Å². The number of pyridine rings is 1. The van der Waals surface area contributed by atoms with Gasteiger partial charge >= 0.3 is 0 Å². The van der Waals surface area contributed by atoms with Crippen LogP contribution in [0.3, 0.4) is 0 Å². The average molecular weight is 462 g/mol. The quantitative estimate of drug-likeness (QED) is 0.236. The third-order valence-corrected chi connectivity index (χ3v) is 6.78. The van der Waals surface area contributed by atoms with Gasteiger partial charge in [-0.1, -0.05) is 76.2 Å². The normalized spacial score (nSPS) is 11.5. The van der Waals surface area contributed by atoms with Crippen molar-refractivity contribution in [3.8, 4) is 33.8 Å². The molecule has 0 fully saturated rings. The summed E-state index contributed by atoms with van der Waals surface area (Å²) in [5.74, 6) is 1.71. The Morgan fingerprint density at radius 3 is 1.80 bits per heavy atom. The van der Waals surface area contributed by atoms with Crippen LogP contribution in [0.1, 0.15) is 50.7 Å². The molecule has 0 aliphatic heterocycles. The van der Waals surface area contributed by atoms with E-state index >= 15 is 0 Å². The van der Waals surface area contributed by atoms with Crippen molar-refractivity contribution >= 4 is 5.52 Å². The molecule has 0 unspecified atom stereocenters. The van der Waals surface area contributed by atoms with Gasteiger partial charge in [0.25, 0.3) is 6.33 Å². The first-order valence-electron chi connectivity index (χ1n) is 12.4. The fourth-order valence-corrected chi connectivity index (χ4v) is 4.91.